The predicted octanol–water partition coefficient (Wildman–Crippen LogP) is 6.02. The molecule has 0 bridgehead atoms. The fraction of sp³-hybridized carbons (Fsp3) is 0.211. The molecule has 0 aliphatic carbocycles. The number of H-pyrrole nitrogens is 1. The van der Waals surface area contributed by atoms with Crippen LogP contribution in [0.25, 0.3) is 11.4 Å². The second kappa shape index (κ2) is 7.69. The normalized spacial score (nSPS) is 12.0. The Morgan fingerprint density at radius 3 is 2.48 bits per heavy atom. The Morgan fingerprint density at radius 1 is 1.19 bits per heavy atom. The molecule has 27 heavy (non-hydrogen) atoms. The van der Waals surface area contributed by atoms with Crippen LogP contribution in [0.3, 0.4) is 0 Å². The molecular formula is C19H18Br2N4OS. The maximum atomic E-state index is 10.2. The van der Waals surface area contributed by atoms with Crippen molar-refractivity contribution in [2.45, 2.75) is 26.2 Å². The SMILES string of the molecule is CC(C)(C)c1ccc(-c2n[nH]c(=S)n2/N=C\c2cc(Br)cc(Br)c2O)cc1. The van der Waals surface area contributed by atoms with Crippen LogP contribution in [0, 0.1) is 4.77 Å². The Bertz CT molecular complexity index is 1060. The number of phenols is 1. The smallest absolute Gasteiger partial charge is 0.216 e. The highest BCUT2D eigenvalue weighted by Gasteiger charge is 2.15. The highest BCUT2D eigenvalue weighted by molar-refractivity contribution is 9.11. The van der Waals surface area contributed by atoms with Crippen LogP contribution in [0.1, 0.15) is 31.9 Å². The predicted molar refractivity (Wildman–Crippen MR) is 118 cm³/mol. The fourth-order valence-corrected chi connectivity index (χ4v) is 3.95. The molecule has 0 saturated heterocycles. The number of aromatic hydroxyl groups is 1. The molecule has 0 atom stereocenters. The average Bonchev–Trinajstić information content (AvgIpc) is 2.97. The zero-order valence-corrected chi connectivity index (χ0v) is 19.0. The van der Waals surface area contributed by atoms with Crippen LogP contribution in [0.2, 0.25) is 0 Å². The van der Waals surface area contributed by atoms with Gasteiger partial charge in [0.25, 0.3) is 0 Å². The number of rotatable bonds is 3. The van der Waals surface area contributed by atoms with Gasteiger partial charge in [0, 0.05) is 15.6 Å². The molecule has 1 heterocycles. The third-order valence-electron chi connectivity index (χ3n) is 4.03. The molecule has 1 aromatic heterocycles. The maximum absolute atomic E-state index is 10.2. The second-order valence-electron chi connectivity index (χ2n) is 7.06. The van der Waals surface area contributed by atoms with Gasteiger partial charge in [-0.3, -0.25) is 0 Å². The van der Waals surface area contributed by atoms with Crippen LogP contribution in [0.5, 0.6) is 5.75 Å². The van der Waals surface area contributed by atoms with Crippen molar-refractivity contribution in [3.63, 3.8) is 0 Å². The first-order valence-corrected chi connectivity index (χ1v) is 10.2. The van der Waals surface area contributed by atoms with Crippen molar-refractivity contribution >= 4 is 50.3 Å². The molecule has 3 rings (SSSR count). The number of halogens is 2. The maximum Gasteiger partial charge on any atom is 0.216 e. The minimum atomic E-state index is 0.0764. The van der Waals surface area contributed by atoms with Gasteiger partial charge in [-0.15, -0.1) is 0 Å². The third kappa shape index (κ3) is 4.39. The number of aromatic amines is 1. The van der Waals surface area contributed by atoms with E-state index in [1.165, 1.54) is 10.2 Å². The van der Waals surface area contributed by atoms with Crippen LogP contribution in [0.4, 0.5) is 0 Å². The van der Waals surface area contributed by atoms with E-state index in [2.05, 4.69) is 80.1 Å². The Hall–Kier alpha value is -1.77. The number of nitrogens with one attached hydrogen (secondary N) is 1. The van der Waals surface area contributed by atoms with E-state index in [1.54, 1.807) is 18.3 Å². The van der Waals surface area contributed by atoms with E-state index in [1.807, 2.05) is 12.1 Å². The quantitative estimate of drug-likeness (QED) is 0.335. The molecule has 0 spiro atoms. The van der Waals surface area contributed by atoms with Crippen LogP contribution in [-0.2, 0) is 5.41 Å². The first-order chi connectivity index (χ1) is 12.7. The first kappa shape index (κ1) is 20.0. The summed E-state index contributed by atoms with van der Waals surface area (Å²) in [5, 5.41) is 21.7. The summed E-state index contributed by atoms with van der Waals surface area (Å²) in [5.41, 5.74) is 2.76. The van der Waals surface area contributed by atoms with Gasteiger partial charge in [0.15, 0.2) is 5.82 Å². The lowest BCUT2D eigenvalue weighted by Gasteiger charge is -2.18. The summed E-state index contributed by atoms with van der Waals surface area (Å²) in [5.74, 6) is 0.707. The summed E-state index contributed by atoms with van der Waals surface area (Å²) in [4.78, 5) is 0. The zero-order chi connectivity index (χ0) is 19.8. The summed E-state index contributed by atoms with van der Waals surface area (Å²) >= 11 is 12.0. The Kier molecular flexibility index (Phi) is 5.69. The monoisotopic (exact) mass is 508 g/mol. The molecule has 140 valence electrons. The number of aromatic nitrogens is 3. The topological polar surface area (TPSA) is 66.2 Å². The molecule has 0 fully saturated rings. The van der Waals surface area contributed by atoms with Gasteiger partial charge in [-0.25, -0.2) is 5.10 Å². The Balaban J connectivity index is 2.00. The highest BCUT2D eigenvalue weighted by atomic mass is 79.9. The standard InChI is InChI=1S/C19H18Br2N4OS/c1-19(2,3)13-6-4-11(5-7-13)17-23-24-18(27)25(17)22-10-12-8-14(20)9-15(21)16(12)26/h4-10,26H,1-3H3,(H,24,27)/b22-10-. The lowest BCUT2D eigenvalue weighted by Crippen LogP contribution is -2.10. The summed E-state index contributed by atoms with van der Waals surface area (Å²) in [6, 6.07) is 11.7. The van der Waals surface area contributed by atoms with Gasteiger partial charge in [-0.2, -0.15) is 14.9 Å². The number of hydrogen-bond donors (Lipinski definition) is 2. The molecular weight excluding hydrogens is 492 g/mol. The van der Waals surface area contributed by atoms with Crippen LogP contribution in [0.15, 0.2) is 50.4 Å². The Morgan fingerprint density at radius 2 is 1.85 bits per heavy atom. The lowest BCUT2D eigenvalue weighted by atomic mass is 9.87. The van der Waals surface area contributed by atoms with E-state index in [-0.39, 0.29) is 11.2 Å². The van der Waals surface area contributed by atoms with Crippen LogP contribution in [-0.4, -0.2) is 26.2 Å². The van der Waals surface area contributed by atoms with Crippen molar-refractivity contribution < 1.29 is 5.11 Å². The minimum Gasteiger partial charge on any atom is -0.506 e. The molecule has 3 aromatic rings. The van der Waals surface area contributed by atoms with E-state index >= 15 is 0 Å². The summed E-state index contributed by atoms with van der Waals surface area (Å²) in [6.45, 7) is 6.51. The minimum absolute atomic E-state index is 0.0764. The number of nitrogens with zero attached hydrogens (tertiary/aromatic N) is 3. The van der Waals surface area contributed by atoms with Gasteiger partial charge >= 0.3 is 0 Å². The van der Waals surface area contributed by atoms with Gasteiger partial charge in [0.1, 0.15) is 5.75 Å². The molecule has 8 heteroatoms. The molecule has 0 aliphatic rings. The summed E-state index contributed by atoms with van der Waals surface area (Å²) in [6.07, 6.45) is 1.54. The average molecular weight is 510 g/mol. The zero-order valence-electron chi connectivity index (χ0n) is 15.0. The fourth-order valence-electron chi connectivity index (χ4n) is 2.51. The van der Waals surface area contributed by atoms with Gasteiger partial charge < -0.3 is 5.11 Å². The first-order valence-electron chi connectivity index (χ1n) is 8.17. The highest BCUT2D eigenvalue weighted by Crippen LogP contribution is 2.31. The van der Waals surface area contributed by atoms with Gasteiger partial charge in [-0.1, -0.05) is 61.0 Å². The van der Waals surface area contributed by atoms with Gasteiger partial charge in [0.2, 0.25) is 4.77 Å². The lowest BCUT2D eigenvalue weighted by molar-refractivity contribution is 0.471. The molecule has 0 unspecified atom stereocenters. The Labute approximate surface area is 179 Å². The molecule has 5 nitrogen and oxygen atoms in total. The largest absolute Gasteiger partial charge is 0.506 e. The molecule has 0 radical (unpaired) electrons. The molecule has 0 aliphatic heterocycles. The van der Waals surface area contributed by atoms with Crippen molar-refractivity contribution in [1.29, 1.82) is 0 Å². The van der Waals surface area contributed by atoms with Crippen molar-refractivity contribution in [1.82, 2.24) is 14.9 Å². The van der Waals surface area contributed by atoms with E-state index in [9.17, 15) is 5.11 Å². The van der Waals surface area contributed by atoms with Crippen molar-refractivity contribution in [2.75, 3.05) is 0 Å². The summed E-state index contributed by atoms with van der Waals surface area (Å²) in [7, 11) is 0. The third-order valence-corrected chi connectivity index (χ3v) is 5.36. The second-order valence-corrected chi connectivity index (χ2v) is 9.22. The van der Waals surface area contributed by atoms with E-state index in [0.29, 0.717) is 20.6 Å². The summed E-state index contributed by atoms with van der Waals surface area (Å²) < 4.78 is 3.31. The van der Waals surface area contributed by atoms with Gasteiger partial charge in [-0.05, 0) is 51.3 Å². The molecule has 0 saturated carbocycles. The van der Waals surface area contributed by atoms with Crippen LogP contribution >= 0.6 is 44.1 Å². The van der Waals surface area contributed by atoms with E-state index in [0.717, 1.165) is 10.0 Å². The number of phenolic OH excluding ortho intramolecular Hbond substituents is 1. The molecule has 2 N–H and O–H groups in total. The number of hydrogen-bond acceptors (Lipinski definition) is 4. The number of benzene rings is 2. The van der Waals surface area contributed by atoms with Crippen molar-refractivity contribution in [3.8, 4) is 17.1 Å². The van der Waals surface area contributed by atoms with Crippen molar-refractivity contribution in [2.24, 2.45) is 5.10 Å². The van der Waals surface area contributed by atoms with Crippen LogP contribution < -0.4 is 0 Å². The van der Waals surface area contributed by atoms with E-state index < -0.39 is 0 Å². The van der Waals surface area contributed by atoms with Gasteiger partial charge in [0.05, 0.1) is 10.7 Å². The van der Waals surface area contributed by atoms with E-state index in [4.69, 9.17) is 12.2 Å². The molecule has 0 amide bonds. The van der Waals surface area contributed by atoms with Crippen molar-refractivity contribution in [3.05, 3.63) is 61.2 Å². The molecule has 2 aromatic carbocycles.